The lowest BCUT2D eigenvalue weighted by molar-refractivity contribution is -0.406. The highest BCUT2D eigenvalue weighted by Gasteiger charge is 2.75. The van der Waals surface area contributed by atoms with Crippen LogP contribution >= 0.6 is 0 Å². The standard InChI is InChI=1S/C59H94O26/c1-11-23(2)49(76)77-22-59-26(18-54(4,5)19-31(59)62)25-12-13-30-56(8)16-15-32(55(6,7)29(56)14-17-57(30,9)58(25,10)46(72)47(59)73)81-53-45(85-51-40(70)37(67)34(64)27(20-60)79-51)42(41(71)43(83-53)48(74)75)82-52-44(38(68)35(65)28(21-61)80-52)84-50-39(69)36(66)33(63)24(3)78-50/h11-12,24,26-47,50-53,60-73H,13-22H2,1-10H3,(H,74,75)/b23-11-/t24-,26+,27+,28+,29-,30+,31-,32-,33-,34+,35-,36+,37-,38-,39+,40+,41-,42-,43-,44+,45+,46-,47+,50-,51-,52-,53+,56-,57+,58-,59+/m0/s1. The monoisotopic (exact) mass is 1220 g/mol. The molecule has 0 unspecified atom stereocenters. The Morgan fingerprint density at radius 2 is 1.19 bits per heavy atom. The van der Waals surface area contributed by atoms with Crippen LogP contribution in [0.4, 0.5) is 0 Å². The number of hydrogen-bond acceptors (Lipinski definition) is 25. The summed E-state index contributed by atoms with van der Waals surface area (Å²) in [6.45, 7) is 17.1. The van der Waals surface area contributed by atoms with E-state index in [1.165, 1.54) is 6.92 Å². The molecule has 9 aliphatic rings. The van der Waals surface area contributed by atoms with Crippen molar-refractivity contribution in [3.8, 4) is 0 Å². The van der Waals surface area contributed by atoms with Crippen LogP contribution in [-0.2, 0) is 52.2 Å². The second-order valence-corrected chi connectivity index (χ2v) is 28.0. The van der Waals surface area contributed by atoms with E-state index in [1.807, 2.05) is 20.8 Å². The minimum atomic E-state index is -2.29. The summed E-state index contributed by atoms with van der Waals surface area (Å²) in [6.07, 6.45) is -35.9. The van der Waals surface area contributed by atoms with E-state index in [2.05, 4.69) is 33.8 Å². The van der Waals surface area contributed by atoms with Crippen LogP contribution in [0.1, 0.15) is 114 Å². The zero-order chi connectivity index (χ0) is 62.7. The van der Waals surface area contributed by atoms with Crippen molar-refractivity contribution in [3.05, 3.63) is 23.3 Å². The van der Waals surface area contributed by atoms with Crippen molar-refractivity contribution >= 4 is 11.9 Å². The Morgan fingerprint density at radius 1 is 0.624 bits per heavy atom. The van der Waals surface area contributed by atoms with Crippen molar-refractivity contribution in [3.63, 3.8) is 0 Å². The Bertz CT molecular complexity index is 2460. The first-order chi connectivity index (χ1) is 39.6. The van der Waals surface area contributed by atoms with Gasteiger partial charge in [0.1, 0.15) is 92.1 Å². The van der Waals surface area contributed by atoms with Crippen molar-refractivity contribution < 1.29 is 129 Å². The molecular formula is C59H94O26. The van der Waals surface area contributed by atoms with Crippen molar-refractivity contribution in [2.45, 2.75) is 261 Å². The van der Waals surface area contributed by atoms with Gasteiger partial charge in [-0.2, -0.15) is 0 Å². The zero-order valence-electron chi connectivity index (χ0n) is 50.0. The Kier molecular flexibility index (Phi) is 19.1. The average Bonchev–Trinajstić information content (AvgIpc) is 0.693. The molecule has 4 heterocycles. The minimum Gasteiger partial charge on any atom is -0.479 e. The molecule has 486 valence electrons. The molecule has 26 nitrogen and oxygen atoms in total. The number of hydrogen-bond donors (Lipinski definition) is 15. The summed E-state index contributed by atoms with van der Waals surface area (Å²) in [5.74, 6) is -3.10. The molecule has 26 heteroatoms. The third-order valence-electron chi connectivity index (χ3n) is 22.6. The number of aliphatic hydroxyl groups is 14. The number of fused-ring (bicyclic) bond motifs is 7. The van der Waals surface area contributed by atoms with Gasteiger partial charge in [0.2, 0.25) is 0 Å². The molecule has 31 atom stereocenters. The zero-order valence-corrected chi connectivity index (χ0v) is 50.0. The molecule has 5 aliphatic carbocycles. The van der Waals surface area contributed by atoms with Gasteiger partial charge in [-0.1, -0.05) is 66.2 Å². The summed E-state index contributed by atoms with van der Waals surface area (Å²) in [5.41, 5.74) is -3.59. The predicted octanol–water partition coefficient (Wildman–Crippen LogP) is -2.01. The average molecular weight is 1220 g/mol. The van der Waals surface area contributed by atoms with Crippen molar-refractivity contribution in [1.29, 1.82) is 0 Å². The molecule has 9 rings (SSSR count). The maximum atomic E-state index is 13.2. The van der Waals surface area contributed by atoms with Gasteiger partial charge < -0.3 is 119 Å². The van der Waals surface area contributed by atoms with Gasteiger partial charge in [-0.3, -0.25) is 0 Å². The number of rotatable bonds is 14. The Morgan fingerprint density at radius 3 is 1.80 bits per heavy atom. The third kappa shape index (κ3) is 10.9. The molecule has 0 amide bonds. The van der Waals surface area contributed by atoms with E-state index >= 15 is 0 Å². The normalized spacial score (nSPS) is 52.4. The predicted molar refractivity (Wildman–Crippen MR) is 289 cm³/mol. The molecule has 8 fully saturated rings. The Labute approximate surface area is 494 Å². The lowest BCUT2D eigenvalue weighted by Gasteiger charge is -2.73. The van der Waals surface area contributed by atoms with Crippen LogP contribution in [0.15, 0.2) is 23.3 Å². The topological polar surface area (TPSA) is 421 Å². The van der Waals surface area contributed by atoms with E-state index in [-0.39, 0.29) is 30.3 Å². The first kappa shape index (κ1) is 66.9. The fourth-order valence-electron chi connectivity index (χ4n) is 17.3. The van der Waals surface area contributed by atoms with Crippen LogP contribution in [0.25, 0.3) is 0 Å². The largest absolute Gasteiger partial charge is 0.479 e. The quantitative estimate of drug-likeness (QED) is 0.0387. The van der Waals surface area contributed by atoms with E-state index in [0.29, 0.717) is 44.1 Å². The molecule has 85 heavy (non-hydrogen) atoms. The molecule has 0 aromatic carbocycles. The van der Waals surface area contributed by atoms with E-state index < -0.39 is 205 Å². The lowest BCUT2D eigenvalue weighted by Crippen LogP contribution is -2.74. The maximum Gasteiger partial charge on any atom is 0.335 e. The molecule has 4 aliphatic heterocycles. The molecule has 4 saturated carbocycles. The van der Waals surface area contributed by atoms with Crippen LogP contribution in [-0.4, -0.2) is 256 Å². The molecule has 0 spiro atoms. The number of aliphatic carboxylic acids is 1. The summed E-state index contributed by atoms with van der Waals surface area (Å²) in [6, 6.07) is 0. The first-order valence-electron chi connectivity index (χ1n) is 30.0. The van der Waals surface area contributed by atoms with Crippen LogP contribution in [0.5, 0.6) is 0 Å². The number of esters is 1. The van der Waals surface area contributed by atoms with Crippen molar-refractivity contribution in [1.82, 2.24) is 0 Å². The number of carboxylic acid groups (broad SMARTS) is 1. The summed E-state index contributed by atoms with van der Waals surface area (Å²) < 4.78 is 55.0. The van der Waals surface area contributed by atoms with Gasteiger partial charge in [0.25, 0.3) is 0 Å². The van der Waals surface area contributed by atoms with Gasteiger partial charge in [0, 0.05) is 11.0 Å². The van der Waals surface area contributed by atoms with E-state index in [4.69, 9.17) is 42.6 Å². The fraction of sp³-hybridized carbons (Fsp3) is 0.898. The van der Waals surface area contributed by atoms with Crippen LogP contribution < -0.4 is 0 Å². The number of carbonyl (C=O) groups excluding carboxylic acids is 1. The molecule has 0 radical (unpaired) electrons. The van der Waals surface area contributed by atoms with E-state index in [0.717, 1.165) is 5.57 Å². The van der Waals surface area contributed by atoms with Crippen LogP contribution in [0.2, 0.25) is 0 Å². The number of carbonyl (C=O) groups is 2. The van der Waals surface area contributed by atoms with Crippen molar-refractivity contribution in [2.24, 2.45) is 50.2 Å². The van der Waals surface area contributed by atoms with Gasteiger partial charge >= 0.3 is 11.9 Å². The van der Waals surface area contributed by atoms with Gasteiger partial charge in [-0.05, 0) is 105 Å². The summed E-state index contributed by atoms with van der Waals surface area (Å²) >= 11 is 0. The van der Waals surface area contributed by atoms with Gasteiger partial charge in [0.15, 0.2) is 31.3 Å². The third-order valence-corrected chi connectivity index (χ3v) is 22.6. The van der Waals surface area contributed by atoms with E-state index in [9.17, 15) is 86.2 Å². The minimum absolute atomic E-state index is 0.129. The molecule has 15 N–H and O–H groups in total. The second-order valence-electron chi connectivity index (χ2n) is 28.0. The highest BCUT2D eigenvalue weighted by Crippen LogP contribution is 2.76. The fourth-order valence-corrected chi connectivity index (χ4v) is 17.3. The lowest BCUT2D eigenvalue weighted by atomic mass is 9.32. The molecule has 0 bridgehead atoms. The van der Waals surface area contributed by atoms with Crippen LogP contribution in [0.3, 0.4) is 0 Å². The number of aliphatic hydroxyl groups excluding tert-OH is 14. The number of allylic oxidation sites excluding steroid dienone is 2. The summed E-state index contributed by atoms with van der Waals surface area (Å²) in [4.78, 5) is 26.4. The summed E-state index contributed by atoms with van der Waals surface area (Å²) in [7, 11) is 0. The van der Waals surface area contributed by atoms with Gasteiger partial charge in [-0.25, -0.2) is 9.59 Å². The summed E-state index contributed by atoms with van der Waals surface area (Å²) in [5, 5.41) is 169. The Balaban J connectivity index is 1.05. The second kappa shape index (κ2) is 24.3. The smallest absolute Gasteiger partial charge is 0.335 e. The van der Waals surface area contributed by atoms with Gasteiger partial charge in [-0.15, -0.1) is 0 Å². The highest BCUT2D eigenvalue weighted by molar-refractivity contribution is 5.87. The molecule has 0 aromatic heterocycles. The van der Waals surface area contributed by atoms with Crippen LogP contribution in [0, 0.1) is 50.2 Å². The number of ether oxygens (including phenoxy) is 9. The Hall–Kier alpha value is -2.46. The maximum absolute atomic E-state index is 13.2. The van der Waals surface area contributed by atoms with Gasteiger partial charge in [0.05, 0.1) is 49.1 Å². The first-order valence-corrected chi connectivity index (χ1v) is 30.0. The molecular weight excluding hydrogens is 1120 g/mol. The molecule has 0 aromatic rings. The SMILES string of the molecule is C/C=C(/C)C(=O)OC[C@@]12[C@H](CC(C)(C)C[C@@H]1O)C1=CC[C@@H]3[C@@]4(C)CC[C@H](O[C@@H]5O[C@H](C(=O)O)[C@@H](O)[C@H](O[C@@H]6O[C@H](CO)[C@H](O)[C@H](O)[C@H]6O[C@@H]6O[C@@H](C)[C@H](O)[C@@H](O)[C@H]6O)[C@H]5O[C@@H]5O[C@H](CO)[C@@H](O)[C@H](O)[C@H]5O)C(C)(C)[C@@H]4CC[C@@]3(C)[C@]1(C)[C@@H](O)[C@H]2O. The van der Waals surface area contributed by atoms with Crippen molar-refractivity contribution in [2.75, 3.05) is 19.8 Å². The molecule has 4 saturated heterocycles. The highest BCUT2D eigenvalue weighted by atomic mass is 16.8. The number of carboxylic acids is 1. The van der Waals surface area contributed by atoms with E-state index in [1.54, 1.807) is 19.9 Å².